The monoisotopic (exact) mass is 260 g/mol. The molecule has 3 nitrogen and oxygen atoms in total. The molecule has 2 unspecified atom stereocenters. The van der Waals surface area contributed by atoms with Crippen molar-refractivity contribution < 1.29 is 4.79 Å². The van der Waals surface area contributed by atoms with Crippen molar-refractivity contribution in [1.82, 2.24) is 4.90 Å². The van der Waals surface area contributed by atoms with E-state index in [2.05, 4.69) is 45.9 Å². The molecule has 0 aromatic heterocycles. The number of benzene rings is 1. The molecule has 3 heteroatoms. The van der Waals surface area contributed by atoms with Gasteiger partial charge < -0.3 is 10.6 Å². The Morgan fingerprint density at radius 3 is 2.37 bits per heavy atom. The predicted octanol–water partition coefficient (Wildman–Crippen LogP) is 2.70. The van der Waals surface area contributed by atoms with E-state index in [-0.39, 0.29) is 24.0 Å². The Balaban J connectivity index is 2.51. The molecule has 1 amide bonds. The van der Waals surface area contributed by atoms with Crippen LogP contribution in [0.4, 0.5) is 0 Å². The second-order valence-electron chi connectivity index (χ2n) is 5.85. The summed E-state index contributed by atoms with van der Waals surface area (Å²) >= 11 is 0. The Morgan fingerprint density at radius 2 is 1.84 bits per heavy atom. The molecule has 2 atom stereocenters. The molecule has 104 valence electrons. The molecule has 0 radical (unpaired) electrons. The minimum absolute atomic E-state index is 0.0162. The number of carbonyl (C=O) groups is 1. The van der Waals surface area contributed by atoms with Gasteiger partial charge in [0, 0.05) is 18.5 Å². The van der Waals surface area contributed by atoms with E-state index in [1.165, 1.54) is 16.7 Å². The SMILES string of the molecule is Cc1cccc(C)c1C1C(N)CCC(=O)N1C(C)C. The summed E-state index contributed by atoms with van der Waals surface area (Å²) in [5.41, 5.74) is 10.0. The topological polar surface area (TPSA) is 46.3 Å². The minimum Gasteiger partial charge on any atom is -0.332 e. The van der Waals surface area contributed by atoms with Crippen molar-refractivity contribution >= 4 is 5.91 Å². The summed E-state index contributed by atoms with van der Waals surface area (Å²) in [5, 5.41) is 0. The fraction of sp³-hybridized carbons (Fsp3) is 0.562. The van der Waals surface area contributed by atoms with Gasteiger partial charge in [-0.1, -0.05) is 18.2 Å². The van der Waals surface area contributed by atoms with E-state index in [1.54, 1.807) is 0 Å². The molecule has 0 saturated carbocycles. The van der Waals surface area contributed by atoms with Crippen LogP contribution in [-0.4, -0.2) is 22.9 Å². The summed E-state index contributed by atoms with van der Waals surface area (Å²) in [7, 11) is 0. The second kappa shape index (κ2) is 5.33. The van der Waals surface area contributed by atoms with Gasteiger partial charge in [-0.25, -0.2) is 0 Å². The molecule has 1 fully saturated rings. The molecule has 1 heterocycles. The van der Waals surface area contributed by atoms with E-state index in [1.807, 2.05) is 4.90 Å². The normalized spacial score (nSPS) is 24.1. The molecule has 19 heavy (non-hydrogen) atoms. The van der Waals surface area contributed by atoms with Crippen LogP contribution in [-0.2, 0) is 4.79 Å². The molecular formula is C16H24N2O. The first kappa shape index (κ1) is 14.1. The van der Waals surface area contributed by atoms with Gasteiger partial charge in [0.05, 0.1) is 6.04 Å². The number of rotatable bonds is 2. The van der Waals surface area contributed by atoms with E-state index in [9.17, 15) is 4.79 Å². The number of carbonyl (C=O) groups excluding carboxylic acids is 1. The lowest BCUT2D eigenvalue weighted by atomic mass is 9.85. The molecule has 1 aliphatic rings. The van der Waals surface area contributed by atoms with E-state index in [4.69, 9.17) is 5.73 Å². The molecule has 2 N–H and O–H groups in total. The lowest BCUT2D eigenvalue weighted by Crippen LogP contribution is -2.51. The first-order valence-corrected chi connectivity index (χ1v) is 7.06. The lowest BCUT2D eigenvalue weighted by molar-refractivity contribution is -0.139. The second-order valence-corrected chi connectivity index (χ2v) is 5.85. The van der Waals surface area contributed by atoms with Crippen molar-refractivity contribution in [1.29, 1.82) is 0 Å². The molecule has 1 aliphatic heterocycles. The van der Waals surface area contributed by atoms with Gasteiger partial charge in [-0.2, -0.15) is 0 Å². The Kier molecular flexibility index (Phi) is 3.95. The van der Waals surface area contributed by atoms with E-state index < -0.39 is 0 Å². The Hall–Kier alpha value is -1.35. The number of likely N-dealkylation sites (tertiary alicyclic amines) is 1. The molecule has 1 saturated heterocycles. The summed E-state index contributed by atoms with van der Waals surface area (Å²) in [5.74, 6) is 0.226. The number of amides is 1. The van der Waals surface area contributed by atoms with Crippen molar-refractivity contribution in [2.24, 2.45) is 5.73 Å². The van der Waals surface area contributed by atoms with Crippen LogP contribution in [0.1, 0.15) is 49.4 Å². The highest BCUT2D eigenvalue weighted by Gasteiger charge is 2.37. The van der Waals surface area contributed by atoms with Crippen LogP contribution in [0.25, 0.3) is 0 Å². The quantitative estimate of drug-likeness (QED) is 0.888. The Bertz CT molecular complexity index is 461. The number of hydrogen-bond donors (Lipinski definition) is 1. The zero-order valence-electron chi connectivity index (χ0n) is 12.3. The van der Waals surface area contributed by atoms with E-state index in [0.29, 0.717) is 6.42 Å². The summed E-state index contributed by atoms with van der Waals surface area (Å²) in [6.45, 7) is 8.34. The summed E-state index contributed by atoms with van der Waals surface area (Å²) in [6, 6.07) is 6.49. The first-order valence-electron chi connectivity index (χ1n) is 7.06. The maximum atomic E-state index is 12.3. The van der Waals surface area contributed by atoms with Gasteiger partial charge >= 0.3 is 0 Å². The highest BCUT2D eigenvalue weighted by Crippen LogP contribution is 2.35. The third-order valence-corrected chi connectivity index (χ3v) is 4.08. The van der Waals surface area contributed by atoms with Gasteiger partial charge in [0.15, 0.2) is 0 Å². The number of aryl methyl sites for hydroxylation is 2. The van der Waals surface area contributed by atoms with Gasteiger partial charge in [-0.3, -0.25) is 4.79 Å². The highest BCUT2D eigenvalue weighted by atomic mass is 16.2. The van der Waals surface area contributed by atoms with Crippen LogP contribution in [0.2, 0.25) is 0 Å². The standard InChI is InChI=1S/C16H24N2O/c1-10(2)18-14(19)9-8-13(17)16(18)15-11(3)6-5-7-12(15)4/h5-7,10,13,16H,8-9,17H2,1-4H3. The number of nitrogens with two attached hydrogens (primary N) is 1. The van der Waals surface area contributed by atoms with Gasteiger partial charge in [0.25, 0.3) is 0 Å². The molecular weight excluding hydrogens is 236 g/mol. The smallest absolute Gasteiger partial charge is 0.223 e. The first-order chi connectivity index (χ1) is 8.93. The Morgan fingerprint density at radius 1 is 1.26 bits per heavy atom. The van der Waals surface area contributed by atoms with Crippen LogP contribution in [0.5, 0.6) is 0 Å². The maximum absolute atomic E-state index is 12.3. The van der Waals surface area contributed by atoms with Crippen molar-refractivity contribution in [3.05, 3.63) is 34.9 Å². The van der Waals surface area contributed by atoms with Crippen molar-refractivity contribution in [2.75, 3.05) is 0 Å². The molecule has 0 bridgehead atoms. The van der Waals surface area contributed by atoms with Crippen LogP contribution >= 0.6 is 0 Å². The van der Waals surface area contributed by atoms with Crippen LogP contribution in [0.3, 0.4) is 0 Å². The Labute approximate surface area is 115 Å². The van der Waals surface area contributed by atoms with Crippen LogP contribution < -0.4 is 5.73 Å². The fourth-order valence-electron chi connectivity index (χ4n) is 3.19. The van der Waals surface area contributed by atoms with Gasteiger partial charge in [-0.05, 0) is 50.8 Å². The molecule has 0 aliphatic carbocycles. The van der Waals surface area contributed by atoms with Crippen molar-refractivity contribution in [3.63, 3.8) is 0 Å². The fourth-order valence-corrected chi connectivity index (χ4v) is 3.19. The van der Waals surface area contributed by atoms with Gasteiger partial charge in [-0.15, -0.1) is 0 Å². The van der Waals surface area contributed by atoms with Crippen molar-refractivity contribution in [3.8, 4) is 0 Å². The summed E-state index contributed by atoms with van der Waals surface area (Å²) in [4.78, 5) is 14.2. The summed E-state index contributed by atoms with van der Waals surface area (Å²) in [6.07, 6.45) is 1.35. The highest BCUT2D eigenvalue weighted by molar-refractivity contribution is 5.78. The minimum atomic E-state index is 0.0162. The predicted molar refractivity (Wildman–Crippen MR) is 77.8 cm³/mol. The largest absolute Gasteiger partial charge is 0.332 e. The number of hydrogen-bond acceptors (Lipinski definition) is 2. The third-order valence-electron chi connectivity index (χ3n) is 4.08. The number of nitrogens with zero attached hydrogens (tertiary/aromatic N) is 1. The van der Waals surface area contributed by atoms with Gasteiger partial charge in [0.1, 0.15) is 0 Å². The van der Waals surface area contributed by atoms with E-state index in [0.717, 1.165) is 6.42 Å². The molecule has 2 rings (SSSR count). The summed E-state index contributed by atoms with van der Waals surface area (Å²) < 4.78 is 0. The average molecular weight is 260 g/mol. The zero-order valence-corrected chi connectivity index (χ0v) is 12.3. The van der Waals surface area contributed by atoms with Gasteiger partial charge in [0.2, 0.25) is 5.91 Å². The zero-order chi connectivity index (χ0) is 14.2. The average Bonchev–Trinajstić information content (AvgIpc) is 2.32. The lowest BCUT2D eigenvalue weighted by Gasteiger charge is -2.43. The third kappa shape index (κ3) is 2.52. The van der Waals surface area contributed by atoms with Crippen molar-refractivity contribution in [2.45, 2.75) is 58.7 Å². The molecule has 1 aromatic rings. The number of piperidine rings is 1. The van der Waals surface area contributed by atoms with E-state index >= 15 is 0 Å². The van der Waals surface area contributed by atoms with Crippen LogP contribution in [0, 0.1) is 13.8 Å². The molecule has 1 aromatic carbocycles. The maximum Gasteiger partial charge on any atom is 0.223 e. The van der Waals surface area contributed by atoms with Crippen LogP contribution in [0.15, 0.2) is 18.2 Å². The molecule has 0 spiro atoms.